The number of hydrogen-bond acceptors (Lipinski definition) is 5. The molecule has 0 saturated carbocycles. The normalized spacial score (nSPS) is 10.4. The topological polar surface area (TPSA) is 88.1 Å². The first-order valence-corrected chi connectivity index (χ1v) is 5.17. The molecular formula is C3H13IN5-. The summed E-state index contributed by atoms with van der Waals surface area (Å²) in [5.74, 6) is 5.00. The molecule has 0 atom stereocenters. The van der Waals surface area contributed by atoms with Gasteiger partial charge in [-0.15, -0.1) is 0 Å². The minimum absolute atomic E-state index is 0.0306. The zero-order valence-electron chi connectivity index (χ0n) is 5.15. The van der Waals surface area contributed by atoms with Crippen LogP contribution in [0.2, 0.25) is 0 Å². The standard InChI is InChI=1S/C3H13IN5/c5-2-8-4-1-7-3-9-6/h7-9H,1-3,5-6H2/q-1. The second-order valence-corrected chi connectivity index (χ2v) is 3.52. The first kappa shape index (κ1) is 9.53. The molecule has 0 heterocycles. The molecule has 0 rings (SSSR count). The third kappa shape index (κ3) is 8.53. The monoisotopic (exact) mass is 246 g/mol. The first-order valence-electron chi connectivity index (χ1n) is 2.57. The number of nitrogens with one attached hydrogen (secondary N) is 3. The summed E-state index contributed by atoms with van der Waals surface area (Å²) in [5, 5.41) is 3.06. The Balaban J connectivity index is 2.60. The van der Waals surface area contributed by atoms with Crippen LogP contribution >= 0.6 is 0 Å². The van der Waals surface area contributed by atoms with Gasteiger partial charge < -0.3 is 0 Å². The van der Waals surface area contributed by atoms with Gasteiger partial charge in [0.25, 0.3) is 0 Å². The molecule has 6 heteroatoms. The Labute approximate surface area is 65.5 Å². The van der Waals surface area contributed by atoms with E-state index in [1.54, 1.807) is 0 Å². The van der Waals surface area contributed by atoms with Crippen LogP contribution in [0.15, 0.2) is 0 Å². The zero-order valence-corrected chi connectivity index (χ0v) is 7.31. The van der Waals surface area contributed by atoms with Gasteiger partial charge in [-0.3, -0.25) is 0 Å². The van der Waals surface area contributed by atoms with Crippen molar-refractivity contribution >= 4 is 0 Å². The third-order valence-electron chi connectivity index (χ3n) is 0.560. The van der Waals surface area contributed by atoms with Crippen molar-refractivity contribution in [2.24, 2.45) is 11.6 Å². The van der Waals surface area contributed by atoms with Crippen molar-refractivity contribution in [1.29, 1.82) is 0 Å². The molecule has 0 saturated heterocycles. The van der Waals surface area contributed by atoms with Crippen LogP contribution in [-0.4, -0.2) is 17.9 Å². The maximum atomic E-state index is 5.19. The fourth-order valence-electron chi connectivity index (χ4n) is 0.268. The van der Waals surface area contributed by atoms with Crippen LogP contribution < -0.4 is 47.3 Å². The van der Waals surface area contributed by atoms with Crippen LogP contribution in [0.1, 0.15) is 0 Å². The first-order chi connectivity index (χ1) is 4.41. The fourth-order valence-corrected chi connectivity index (χ4v) is 1.39. The SMILES string of the molecule is NCN[I-]CNCNN. The van der Waals surface area contributed by atoms with Crippen molar-refractivity contribution in [3.05, 3.63) is 0 Å². The van der Waals surface area contributed by atoms with E-state index in [9.17, 15) is 0 Å². The van der Waals surface area contributed by atoms with Gasteiger partial charge >= 0.3 is 65.2 Å². The Morgan fingerprint density at radius 1 is 1.44 bits per heavy atom. The molecule has 9 heavy (non-hydrogen) atoms. The second kappa shape index (κ2) is 8.53. The molecular weight excluding hydrogens is 233 g/mol. The van der Waals surface area contributed by atoms with Gasteiger partial charge in [-0.1, -0.05) is 0 Å². The Hall–Kier alpha value is 0.530. The van der Waals surface area contributed by atoms with E-state index in [2.05, 4.69) is 14.3 Å². The van der Waals surface area contributed by atoms with Crippen molar-refractivity contribution in [2.75, 3.05) is 17.9 Å². The number of hydrazine groups is 1. The Morgan fingerprint density at radius 2 is 2.22 bits per heavy atom. The molecule has 0 radical (unpaired) electrons. The molecule has 0 aliphatic rings. The molecule has 0 aromatic carbocycles. The predicted molar refractivity (Wildman–Crippen MR) is 32.4 cm³/mol. The number of nitrogens with two attached hydrogens (primary N) is 2. The van der Waals surface area contributed by atoms with Crippen molar-refractivity contribution in [1.82, 2.24) is 14.3 Å². The van der Waals surface area contributed by atoms with Gasteiger partial charge in [-0.05, 0) is 0 Å². The van der Waals surface area contributed by atoms with Crippen LogP contribution in [0.25, 0.3) is 0 Å². The number of rotatable bonds is 6. The van der Waals surface area contributed by atoms with E-state index in [1.807, 2.05) is 0 Å². The van der Waals surface area contributed by atoms with Crippen LogP contribution in [0, 0.1) is 0 Å². The van der Waals surface area contributed by atoms with E-state index in [0.29, 0.717) is 13.3 Å². The van der Waals surface area contributed by atoms with E-state index >= 15 is 0 Å². The summed E-state index contributed by atoms with van der Waals surface area (Å²) < 4.78 is 4.05. The summed E-state index contributed by atoms with van der Waals surface area (Å²) in [5.41, 5.74) is 7.68. The molecule has 7 N–H and O–H groups in total. The molecule has 0 amide bonds. The van der Waals surface area contributed by atoms with E-state index in [0.717, 1.165) is 4.55 Å². The van der Waals surface area contributed by atoms with Gasteiger partial charge in [-0.25, -0.2) is 0 Å². The summed E-state index contributed by atoms with van der Waals surface area (Å²) in [6, 6.07) is 0. The molecule has 5 nitrogen and oxygen atoms in total. The van der Waals surface area contributed by atoms with E-state index in [4.69, 9.17) is 11.6 Å². The van der Waals surface area contributed by atoms with Gasteiger partial charge in [0.15, 0.2) is 0 Å². The molecule has 0 aromatic rings. The minimum atomic E-state index is 0.0306. The van der Waals surface area contributed by atoms with E-state index < -0.39 is 0 Å². The van der Waals surface area contributed by atoms with Gasteiger partial charge in [0.2, 0.25) is 0 Å². The zero-order chi connectivity index (χ0) is 6.95. The number of halogens is 1. The number of hydrogen-bond donors (Lipinski definition) is 5. The summed E-state index contributed by atoms with van der Waals surface area (Å²) in [4.78, 5) is 0. The van der Waals surface area contributed by atoms with Gasteiger partial charge in [0.1, 0.15) is 0 Å². The Bertz CT molecular complexity index is 45.5. The van der Waals surface area contributed by atoms with Crippen molar-refractivity contribution < 1.29 is 21.5 Å². The molecule has 58 valence electrons. The summed E-state index contributed by atoms with van der Waals surface area (Å²) in [7, 11) is 0. The number of alkyl halides is 1. The summed E-state index contributed by atoms with van der Waals surface area (Å²) >= 11 is 0.0306. The van der Waals surface area contributed by atoms with Crippen LogP contribution in [0.3, 0.4) is 0 Å². The van der Waals surface area contributed by atoms with E-state index in [-0.39, 0.29) is 21.5 Å². The van der Waals surface area contributed by atoms with Crippen molar-refractivity contribution in [2.45, 2.75) is 0 Å². The average molecular weight is 246 g/mol. The Kier molecular flexibility index (Phi) is 9.03. The second-order valence-electron chi connectivity index (χ2n) is 1.24. The van der Waals surface area contributed by atoms with Crippen LogP contribution in [0.5, 0.6) is 0 Å². The fraction of sp³-hybridized carbons (Fsp3) is 1.00. The summed E-state index contributed by atoms with van der Waals surface area (Å²) in [6.07, 6.45) is 0. The van der Waals surface area contributed by atoms with Gasteiger partial charge in [0, 0.05) is 0 Å². The molecule has 0 unspecified atom stereocenters. The third-order valence-corrected chi connectivity index (χ3v) is 2.46. The molecule has 0 aliphatic heterocycles. The summed E-state index contributed by atoms with van der Waals surface area (Å²) in [6.45, 7) is 1.23. The van der Waals surface area contributed by atoms with Gasteiger partial charge in [-0.2, -0.15) is 0 Å². The molecule has 0 spiro atoms. The average Bonchev–Trinajstić information content (AvgIpc) is 1.89. The Morgan fingerprint density at radius 3 is 2.78 bits per heavy atom. The van der Waals surface area contributed by atoms with Crippen molar-refractivity contribution in [3.8, 4) is 0 Å². The van der Waals surface area contributed by atoms with Crippen molar-refractivity contribution in [3.63, 3.8) is 0 Å². The van der Waals surface area contributed by atoms with Crippen LogP contribution in [-0.2, 0) is 0 Å². The van der Waals surface area contributed by atoms with Crippen LogP contribution in [0.4, 0.5) is 0 Å². The molecule has 0 fully saturated rings. The quantitative estimate of drug-likeness (QED) is 0.0471. The predicted octanol–water partition coefficient (Wildman–Crippen LogP) is -5.54. The maximum absolute atomic E-state index is 5.19. The molecule has 0 bridgehead atoms. The molecule has 0 aromatic heterocycles. The molecule has 0 aliphatic carbocycles. The van der Waals surface area contributed by atoms with Gasteiger partial charge in [0.05, 0.1) is 0 Å². The van der Waals surface area contributed by atoms with E-state index in [1.165, 1.54) is 0 Å².